The second kappa shape index (κ2) is 5.89. The third-order valence-electron chi connectivity index (χ3n) is 2.34. The molecule has 20 heavy (non-hydrogen) atoms. The number of carbonyl (C=O) groups is 1. The van der Waals surface area contributed by atoms with Crippen molar-refractivity contribution in [3.63, 3.8) is 0 Å². The van der Waals surface area contributed by atoms with Crippen LogP contribution in [0.3, 0.4) is 0 Å². The molecule has 7 nitrogen and oxygen atoms in total. The molecule has 0 spiro atoms. The first-order chi connectivity index (χ1) is 9.36. The summed E-state index contributed by atoms with van der Waals surface area (Å²) in [7, 11) is 1.46. The van der Waals surface area contributed by atoms with E-state index >= 15 is 0 Å². The maximum Gasteiger partial charge on any atom is 0.445 e. The fourth-order valence-corrected chi connectivity index (χ4v) is 1.99. The average Bonchev–Trinajstić information content (AvgIpc) is 2.98. The zero-order chi connectivity index (χ0) is 14.8. The monoisotopic (exact) mass is 312 g/mol. The molecule has 0 unspecified atom stereocenters. The number of nitrogens with zero attached hydrogens (tertiary/aromatic N) is 3. The van der Waals surface area contributed by atoms with Crippen LogP contribution in [0.4, 0.5) is 23.1 Å². The molecule has 1 N–H and O–H groups in total. The number of urea groups is 1. The minimum absolute atomic E-state index is 0.163. The van der Waals surface area contributed by atoms with Crippen molar-refractivity contribution in [2.24, 2.45) is 0 Å². The molecule has 0 saturated carbocycles. The Morgan fingerprint density at radius 2 is 2.10 bits per heavy atom. The van der Waals surface area contributed by atoms with Crippen molar-refractivity contribution < 1.29 is 27.4 Å². The second-order valence-electron chi connectivity index (χ2n) is 3.89. The van der Waals surface area contributed by atoms with Gasteiger partial charge in [-0.3, -0.25) is 5.32 Å². The van der Waals surface area contributed by atoms with Crippen molar-refractivity contribution in [2.75, 3.05) is 32.1 Å². The summed E-state index contributed by atoms with van der Waals surface area (Å²) in [6.07, 6.45) is -5.09. The summed E-state index contributed by atoms with van der Waals surface area (Å²) in [6.45, 7) is 1.06. The fraction of sp³-hybridized carbons (Fsp3) is 0.667. The van der Waals surface area contributed by atoms with Crippen molar-refractivity contribution in [1.29, 1.82) is 0 Å². The van der Waals surface area contributed by atoms with Crippen LogP contribution in [-0.4, -0.2) is 54.2 Å². The average molecular weight is 312 g/mol. The number of aromatic nitrogens is 2. The molecular formula is C9H11F3N4O3S. The van der Waals surface area contributed by atoms with E-state index in [0.29, 0.717) is 13.2 Å². The van der Waals surface area contributed by atoms with Crippen LogP contribution in [0, 0.1) is 0 Å². The highest BCUT2D eigenvalue weighted by Gasteiger charge is 2.36. The van der Waals surface area contributed by atoms with Crippen LogP contribution in [0.15, 0.2) is 0 Å². The van der Waals surface area contributed by atoms with Crippen LogP contribution >= 0.6 is 11.3 Å². The van der Waals surface area contributed by atoms with Gasteiger partial charge in [-0.1, -0.05) is 11.3 Å². The Kier molecular flexibility index (Phi) is 4.40. The van der Waals surface area contributed by atoms with Crippen molar-refractivity contribution in [3.8, 4) is 0 Å². The van der Waals surface area contributed by atoms with Crippen LogP contribution in [0.2, 0.25) is 0 Å². The first kappa shape index (κ1) is 14.9. The minimum Gasteiger partial charge on any atom is -0.348 e. The van der Waals surface area contributed by atoms with E-state index in [1.54, 1.807) is 0 Å². The molecule has 1 fully saturated rings. The standard InChI is InChI=1S/C9H11F3N4O3S/c1-16(4-5-18-2-3-19-5)8(17)13-7-15-14-6(20-7)9(10,11)12/h5H,2-4H2,1H3,(H,13,15,17). The van der Waals surface area contributed by atoms with Gasteiger partial charge in [0.1, 0.15) is 0 Å². The number of rotatable bonds is 3. The van der Waals surface area contributed by atoms with Crippen molar-refractivity contribution in [1.82, 2.24) is 15.1 Å². The smallest absolute Gasteiger partial charge is 0.348 e. The number of hydrogen-bond donors (Lipinski definition) is 1. The number of carbonyl (C=O) groups excluding carboxylic acids is 1. The SMILES string of the molecule is CN(CC1OCCO1)C(=O)Nc1nnc(C(F)(F)F)s1. The van der Waals surface area contributed by atoms with Crippen molar-refractivity contribution in [2.45, 2.75) is 12.5 Å². The molecule has 1 aliphatic heterocycles. The molecule has 1 aliphatic rings. The Morgan fingerprint density at radius 3 is 2.65 bits per heavy atom. The van der Waals surface area contributed by atoms with Crippen LogP contribution in [0.5, 0.6) is 0 Å². The van der Waals surface area contributed by atoms with Gasteiger partial charge in [0, 0.05) is 7.05 Å². The summed E-state index contributed by atoms with van der Waals surface area (Å²) in [5, 5.41) is 7.12. The van der Waals surface area contributed by atoms with Gasteiger partial charge < -0.3 is 14.4 Å². The highest BCUT2D eigenvalue weighted by molar-refractivity contribution is 7.15. The van der Waals surface area contributed by atoms with Gasteiger partial charge >= 0.3 is 12.2 Å². The van der Waals surface area contributed by atoms with Gasteiger partial charge in [-0.2, -0.15) is 13.2 Å². The number of halogens is 3. The van der Waals surface area contributed by atoms with Gasteiger partial charge in [-0.25, -0.2) is 4.79 Å². The normalized spacial score (nSPS) is 16.4. The Labute approximate surface area is 115 Å². The highest BCUT2D eigenvalue weighted by atomic mass is 32.1. The topological polar surface area (TPSA) is 76.6 Å². The molecule has 1 aromatic rings. The lowest BCUT2D eigenvalue weighted by molar-refractivity contribution is -0.138. The van der Waals surface area contributed by atoms with E-state index in [4.69, 9.17) is 9.47 Å². The summed E-state index contributed by atoms with van der Waals surface area (Å²) in [5.41, 5.74) is 0. The quantitative estimate of drug-likeness (QED) is 0.913. The van der Waals surface area contributed by atoms with E-state index in [2.05, 4.69) is 15.5 Å². The summed E-state index contributed by atoms with van der Waals surface area (Å²) in [4.78, 5) is 12.9. The van der Waals surface area contributed by atoms with E-state index in [-0.39, 0.29) is 23.0 Å². The zero-order valence-electron chi connectivity index (χ0n) is 10.3. The molecule has 0 bridgehead atoms. The minimum atomic E-state index is -4.57. The van der Waals surface area contributed by atoms with Gasteiger partial charge in [-0.15, -0.1) is 10.2 Å². The van der Waals surface area contributed by atoms with E-state index in [0.717, 1.165) is 0 Å². The molecular weight excluding hydrogens is 301 g/mol. The number of likely N-dealkylation sites (N-methyl/N-ethyl adjacent to an activating group) is 1. The van der Waals surface area contributed by atoms with E-state index in [1.807, 2.05) is 0 Å². The lowest BCUT2D eigenvalue weighted by atomic mass is 10.5. The molecule has 0 atom stereocenters. The number of ether oxygens (including phenoxy) is 2. The van der Waals surface area contributed by atoms with E-state index in [1.165, 1.54) is 11.9 Å². The molecule has 2 heterocycles. The summed E-state index contributed by atoms with van der Waals surface area (Å²) in [5.74, 6) is 0. The molecule has 0 aromatic carbocycles. The first-order valence-electron chi connectivity index (χ1n) is 5.52. The van der Waals surface area contributed by atoms with Crippen molar-refractivity contribution >= 4 is 22.5 Å². The molecule has 0 radical (unpaired) electrons. The summed E-state index contributed by atoms with van der Waals surface area (Å²) < 4.78 is 47.3. The number of hydrogen-bond acceptors (Lipinski definition) is 6. The van der Waals surface area contributed by atoms with Gasteiger partial charge in [0.15, 0.2) is 6.29 Å². The third kappa shape index (κ3) is 3.77. The predicted molar refractivity (Wildman–Crippen MR) is 62.3 cm³/mol. The third-order valence-corrected chi connectivity index (χ3v) is 3.23. The molecule has 0 aliphatic carbocycles. The van der Waals surface area contributed by atoms with Crippen LogP contribution in [0.1, 0.15) is 5.01 Å². The second-order valence-corrected chi connectivity index (χ2v) is 4.87. The number of nitrogens with one attached hydrogen (secondary N) is 1. The predicted octanol–water partition coefficient (Wildman–Crippen LogP) is 1.39. The van der Waals surface area contributed by atoms with E-state index in [9.17, 15) is 18.0 Å². The maximum atomic E-state index is 12.3. The molecule has 112 valence electrons. The van der Waals surface area contributed by atoms with Crippen LogP contribution in [-0.2, 0) is 15.7 Å². The van der Waals surface area contributed by atoms with Crippen LogP contribution < -0.4 is 5.32 Å². The fourth-order valence-electron chi connectivity index (χ4n) is 1.39. The highest BCUT2D eigenvalue weighted by Crippen LogP contribution is 2.32. The van der Waals surface area contributed by atoms with Gasteiger partial charge in [-0.05, 0) is 0 Å². The summed E-state index contributed by atoms with van der Waals surface area (Å²) in [6, 6.07) is -0.617. The zero-order valence-corrected chi connectivity index (χ0v) is 11.1. The molecule has 2 amide bonds. The number of amides is 2. The molecule has 2 rings (SSSR count). The van der Waals surface area contributed by atoms with Crippen molar-refractivity contribution in [3.05, 3.63) is 5.01 Å². The Hall–Kier alpha value is -1.46. The van der Waals surface area contributed by atoms with Gasteiger partial charge in [0.05, 0.1) is 19.8 Å². The molecule has 1 aromatic heterocycles. The molecule has 11 heteroatoms. The number of anilines is 1. The largest absolute Gasteiger partial charge is 0.445 e. The lowest BCUT2D eigenvalue weighted by Gasteiger charge is -2.19. The van der Waals surface area contributed by atoms with Gasteiger partial charge in [0.25, 0.3) is 0 Å². The van der Waals surface area contributed by atoms with E-state index < -0.39 is 23.5 Å². The maximum absolute atomic E-state index is 12.3. The number of alkyl halides is 3. The van der Waals surface area contributed by atoms with Gasteiger partial charge in [0.2, 0.25) is 10.1 Å². The Morgan fingerprint density at radius 1 is 1.45 bits per heavy atom. The summed E-state index contributed by atoms with van der Waals surface area (Å²) >= 11 is 0.260. The Bertz CT molecular complexity index is 475. The lowest BCUT2D eigenvalue weighted by Crippen LogP contribution is -2.37. The Balaban J connectivity index is 1.88. The van der Waals surface area contributed by atoms with Crippen LogP contribution in [0.25, 0.3) is 0 Å². The molecule has 1 saturated heterocycles. The first-order valence-corrected chi connectivity index (χ1v) is 6.34.